The second-order valence-electron chi connectivity index (χ2n) is 0.283. The van der Waals surface area contributed by atoms with Crippen LogP contribution in [-0.2, 0) is 16.5 Å². The summed E-state index contributed by atoms with van der Waals surface area (Å²) in [5, 5.41) is 13.9. The summed E-state index contributed by atoms with van der Waals surface area (Å²) in [5.74, 6) is 0. The van der Waals surface area contributed by atoms with Gasteiger partial charge < -0.3 is 33.5 Å². The topological polar surface area (TPSA) is 184 Å². The Morgan fingerprint density at radius 2 is 1.00 bits per heavy atom. The average molecular weight is 237 g/mol. The van der Waals surface area contributed by atoms with Crippen LogP contribution >= 0.6 is 0 Å². The van der Waals surface area contributed by atoms with Crippen LogP contribution < -0.4 is 29.6 Å². The molecule has 0 amide bonds. The van der Waals surface area contributed by atoms with Crippen LogP contribution in [0.4, 0.5) is 9.50 Å². The molecule has 0 saturated heterocycles. The first-order valence-corrected chi connectivity index (χ1v) is 0.651. The van der Waals surface area contributed by atoms with Crippen LogP contribution in [0.2, 0.25) is 0 Å². The van der Waals surface area contributed by atoms with E-state index in [-0.39, 0.29) is 74.1 Å². The fourth-order valence-corrected chi connectivity index (χ4v) is 0. The van der Waals surface area contributed by atoms with Crippen LogP contribution in [0, 0.1) is 0 Å². The molecule has 0 unspecified atom stereocenters. The molecule has 0 aromatic heterocycles. The number of carbonyl (C=O) groups is 1. The van der Waals surface area contributed by atoms with Gasteiger partial charge in [0.1, 0.15) is 0 Å². The molecule has 10 heteroatoms. The minimum absolute atomic E-state index is 0. The van der Waals surface area contributed by atoms with Crippen LogP contribution in [0.15, 0.2) is 0 Å². The normalized spacial score (nSPS) is 2.18. The predicted molar refractivity (Wildman–Crippen MR) is 28.7 cm³/mol. The Morgan fingerprint density at radius 3 is 1.00 bits per heavy atom. The van der Waals surface area contributed by atoms with Crippen molar-refractivity contribution < 1.29 is 89.1 Å². The molecule has 0 heterocycles. The second-order valence-corrected chi connectivity index (χ2v) is 0.283. The monoisotopic (exact) mass is 236 g/mol. The molecule has 0 rings (SSSR count). The molecular formula is CH12FNaNiO7. The van der Waals surface area contributed by atoms with Crippen molar-refractivity contribution >= 4 is 6.16 Å². The van der Waals surface area contributed by atoms with E-state index in [4.69, 9.17) is 15.0 Å². The summed E-state index contributed by atoms with van der Waals surface area (Å²) in [5.41, 5.74) is 0. The van der Waals surface area contributed by atoms with Crippen LogP contribution in [0.25, 0.3) is 0 Å². The summed E-state index contributed by atoms with van der Waals surface area (Å²) in [7, 11) is 0. The van der Waals surface area contributed by atoms with E-state index in [1.54, 1.807) is 0 Å². The molecule has 0 saturated carbocycles. The van der Waals surface area contributed by atoms with E-state index in [1.165, 1.54) is 0 Å². The van der Waals surface area contributed by atoms with Crippen LogP contribution in [0.5, 0.6) is 0 Å². The largest absolute Gasteiger partial charge is 1.00 e. The molecule has 0 radical (unpaired) electrons. The molecule has 0 aliphatic heterocycles. The summed E-state index contributed by atoms with van der Waals surface area (Å²) < 4.78 is 0. The predicted octanol–water partition coefficient (Wildman–Crippen LogP) is -5.81. The van der Waals surface area contributed by atoms with E-state index in [9.17, 15) is 0 Å². The van der Waals surface area contributed by atoms with Crippen molar-refractivity contribution in [3.63, 3.8) is 0 Å². The summed E-state index contributed by atoms with van der Waals surface area (Å²) in [6.07, 6.45) is -1.83. The van der Waals surface area contributed by atoms with Gasteiger partial charge in [0, 0.05) is 16.5 Å². The third-order valence-electron chi connectivity index (χ3n) is 0. The van der Waals surface area contributed by atoms with Gasteiger partial charge >= 0.3 is 35.7 Å². The maximum absolute atomic E-state index is 8.56. The molecule has 0 aromatic rings. The summed E-state index contributed by atoms with van der Waals surface area (Å²) in [6.45, 7) is 0. The fraction of sp³-hybridized carbons (Fsp3) is 0. The molecule has 0 aliphatic rings. The summed E-state index contributed by atoms with van der Waals surface area (Å²) >= 11 is 0. The molecule has 0 fully saturated rings. The number of hydrogen-bond donors (Lipinski definition) is 2. The maximum atomic E-state index is 8.56. The average Bonchev–Trinajstić information content (AvgIpc) is 0.811. The summed E-state index contributed by atoms with van der Waals surface area (Å²) in [6, 6.07) is 0. The van der Waals surface area contributed by atoms with E-state index in [0.717, 1.165) is 0 Å². The van der Waals surface area contributed by atoms with E-state index in [2.05, 4.69) is 0 Å². The Balaban J connectivity index is -0.00000000161. The quantitative estimate of drug-likeness (QED) is 0.398. The van der Waals surface area contributed by atoms with Crippen LogP contribution in [0.3, 0.4) is 0 Å². The van der Waals surface area contributed by atoms with Gasteiger partial charge in [0.05, 0.1) is 0 Å². The van der Waals surface area contributed by atoms with E-state index >= 15 is 0 Å². The van der Waals surface area contributed by atoms with Crippen LogP contribution in [0.1, 0.15) is 1.43 Å². The molecule has 7 nitrogen and oxygen atoms in total. The van der Waals surface area contributed by atoms with Crippen LogP contribution in [-0.4, -0.2) is 38.3 Å². The smallest absolute Gasteiger partial charge is 1.00 e. The fourth-order valence-electron chi connectivity index (χ4n) is 0. The standard InChI is InChI=1S/CH2O3.FH.Na.Ni.4H2O.H/c2-1(3)4;;;;;;;;/h(H2,2,3,4);1H;;;4*1H2;/q;;+1;;;;;;-1. The van der Waals surface area contributed by atoms with Gasteiger partial charge in [0.2, 0.25) is 0 Å². The zero-order chi connectivity index (χ0) is 3.58. The van der Waals surface area contributed by atoms with E-state index < -0.39 is 6.16 Å². The van der Waals surface area contributed by atoms with E-state index in [1.807, 2.05) is 0 Å². The number of hydrogen-bond acceptors (Lipinski definition) is 1. The van der Waals surface area contributed by atoms with Crippen molar-refractivity contribution in [1.82, 2.24) is 0 Å². The van der Waals surface area contributed by atoms with Crippen molar-refractivity contribution in [2.45, 2.75) is 0 Å². The molecular weight excluding hydrogens is 225 g/mol. The molecule has 11 heavy (non-hydrogen) atoms. The van der Waals surface area contributed by atoms with Gasteiger partial charge in [-0.1, -0.05) is 0 Å². The van der Waals surface area contributed by atoms with Crippen molar-refractivity contribution in [2.24, 2.45) is 0 Å². The SMILES string of the molecule is F.O.O.O.O.O=C(O)O.[H-].[Na+].[Ni]. The Morgan fingerprint density at radius 1 is 1.00 bits per heavy atom. The van der Waals surface area contributed by atoms with Crippen molar-refractivity contribution in [1.29, 1.82) is 0 Å². The first-order valence-electron chi connectivity index (χ1n) is 0.651. The third kappa shape index (κ3) is 2690. The van der Waals surface area contributed by atoms with Gasteiger partial charge in [-0.05, 0) is 0 Å². The molecule has 0 aliphatic carbocycles. The Kier molecular flexibility index (Phi) is 714. The molecule has 76 valence electrons. The molecule has 0 spiro atoms. The molecule has 0 aromatic carbocycles. The van der Waals surface area contributed by atoms with Gasteiger partial charge in [-0.15, -0.1) is 0 Å². The molecule has 10 N–H and O–H groups in total. The van der Waals surface area contributed by atoms with Crippen molar-refractivity contribution in [3.05, 3.63) is 0 Å². The van der Waals surface area contributed by atoms with Gasteiger partial charge in [-0.25, -0.2) is 4.79 Å². The first kappa shape index (κ1) is 102. The zero-order valence-electron chi connectivity index (χ0n) is 6.53. The number of halogens is 1. The second kappa shape index (κ2) is 76.7. The minimum Gasteiger partial charge on any atom is -1.00 e. The zero-order valence-corrected chi connectivity index (χ0v) is 8.51. The van der Waals surface area contributed by atoms with Gasteiger partial charge in [0.15, 0.2) is 0 Å². The van der Waals surface area contributed by atoms with Crippen molar-refractivity contribution in [2.75, 3.05) is 0 Å². The van der Waals surface area contributed by atoms with Gasteiger partial charge in [-0.2, -0.15) is 0 Å². The third-order valence-corrected chi connectivity index (χ3v) is 0. The molecule has 0 bridgehead atoms. The van der Waals surface area contributed by atoms with E-state index in [0.29, 0.717) is 0 Å². The summed E-state index contributed by atoms with van der Waals surface area (Å²) in [4.78, 5) is 8.56. The van der Waals surface area contributed by atoms with Crippen molar-refractivity contribution in [3.8, 4) is 0 Å². The Labute approximate surface area is 95.1 Å². The first-order chi connectivity index (χ1) is 1.73. The molecule has 0 atom stereocenters. The minimum atomic E-state index is -1.83. The number of carboxylic acid groups (broad SMARTS) is 2. The Bertz CT molecular complexity index is 46.4. The maximum Gasteiger partial charge on any atom is 1.00 e. The number of rotatable bonds is 0. The Hall–Kier alpha value is 0.534. The van der Waals surface area contributed by atoms with Gasteiger partial charge in [-0.3, -0.25) is 4.70 Å². The van der Waals surface area contributed by atoms with Gasteiger partial charge in [0.25, 0.3) is 0 Å².